The maximum Gasteiger partial charge on any atom is 0.306 e. The lowest BCUT2D eigenvalue weighted by Gasteiger charge is -2.33. The molecule has 2 rings (SSSR count). The highest BCUT2D eigenvalue weighted by Crippen LogP contribution is 2.21. The molecule has 1 aromatic carbocycles. The summed E-state index contributed by atoms with van der Waals surface area (Å²) in [6, 6.07) is 7.02. The van der Waals surface area contributed by atoms with Crippen molar-refractivity contribution in [3.8, 4) is 5.75 Å². The number of likely N-dealkylation sites (tertiary alicyclic amines) is 1. The van der Waals surface area contributed by atoms with Crippen molar-refractivity contribution < 1.29 is 19.4 Å². The number of nitrogens with zero attached hydrogens (tertiary/aromatic N) is 1. The summed E-state index contributed by atoms with van der Waals surface area (Å²) in [7, 11) is 0. The summed E-state index contributed by atoms with van der Waals surface area (Å²) in [6.45, 7) is 5.92. The first kappa shape index (κ1) is 17.5. The number of benzene rings is 1. The van der Waals surface area contributed by atoms with Gasteiger partial charge in [0.2, 0.25) is 0 Å². The molecule has 0 aromatic heterocycles. The molecule has 1 aliphatic heterocycles. The summed E-state index contributed by atoms with van der Waals surface area (Å²) in [5.41, 5.74) is 0.668. The van der Waals surface area contributed by atoms with E-state index in [1.165, 1.54) is 0 Å². The minimum absolute atomic E-state index is 0.0702. The van der Waals surface area contributed by atoms with Crippen LogP contribution < -0.4 is 4.74 Å². The summed E-state index contributed by atoms with van der Waals surface area (Å²) in [5.74, 6) is -0.158. The highest BCUT2D eigenvalue weighted by molar-refractivity contribution is 5.99. The number of ether oxygens (including phenoxy) is 1. The molecule has 1 aromatic rings. The quantitative estimate of drug-likeness (QED) is 0.783. The van der Waals surface area contributed by atoms with Crippen LogP contribution in [0.5, 0.6) is 5.75 Å². The van der Waals surface area contributed by atoms with Gasteiger partial charge >= 0.3 is 5.97 Å². The Morgan fingerprint density at radius 2 is 1.87 bits per heavy atom. The number of hydrogen-bond acceptors (Lipinski definition) is 4. The molecule has 1 aliphatic rings. The summed E-state index contributed by atoms with van der Waals surface area (Å²) < 4.78 is 5.52. The minimum atomic E-state index is -0.730. The molecule has 0 amide bonds. The van der Waals surface area contributed by atoms with E-state index in [9.17, 15) is 9.59 Å². The number of piperidine rings is 1. The monoisotopic (exact) mass is 319 g/mol. The van der Waals surface area contributed by atoms with Crippen molar-refractivity contribution in [1.29, 1.82) is 0 Å². The zero-order chi connectivity index (χ0) is 16.8. The zero-order valence-electron chi connectivity index (χ0n) is 13.8. The Labute approximate surface area is 137 Å². The van der Waals surface area contributed by atoms with Gasteiger partial charge in [0.15, 0.2) is 5.78 Å². The van der Waals surface area contributed by atoms with E-state index in [1.54, 1.807) is 12.1 Å². The molecule has 1 fully saturated rings. The summed E-state index contributed by atoms with van der Waals surface area (Å²) in [5, 5.41) is 9.04. The molecule has 1 heterocycles. The molecule has 1 N–H and O–H groups in total. The molecular formula is C18H25NO4. The van der Waals surface area contributed by atoms with Gasteiger partial charge in [0.1, 0.15) is 5.75 Å². The Bertz CT molecular complexity index is 532. The maximum atomic E-state index is 12.6. The number of carbonyl (C=O) groups is 2. The second-order valence-corrected chi connectivity index (χ2v) is 6.06. The van der Waals surface area contributed by atoms with E-state index in [0.717, 1.165) is 12.2 Å². The van der Waals surface area contributed by atoms with Gasteiger partial charge in [-0.3, -0.25) is 14.5 Å². The van der Waals surface area contributed by atoms with Crippen molar-refractivity contribution in [2.75, 3.05) is 19.7 Å². The molecule has 5 heteroatoms. The largest absolute Gasteiger partial charge is 0.494 e. The number of carboxylic acid groups (broad SMARTS) is 1. The van der Waals surface area contributed by atoms with Crippen LogP contribution in [0.25, 0.3) is 0 Å². The van der Waals surface area contributed by atoms with E-state index in [4.69, 9.17) is 9.84 Å². The van der Waals surface area contributed by atoms with Crippen molar-refractivity contribution >= 4 is 11.8 Å². The standard InChI is InChI=1S/C18H25NO4/c1-3-12-23-16-6-4-14(5-7-16)17(20)13(2)19-10-8-15(9-11-19)18(21)22/h4-7,13,15H,3,8-12H2,1-2H3,(H,21,22). The Morgan fingerprint density at radius 3 is 2.39 bits per heavy atom. The highest BCUT2D eigenvalue weighted by atomic mass is 16.5. The number of Topliss-reactive ketones (excluding diaryl/α,β-unsaturated/α-hetero) is 1. The van der Waals surface area contributed by atoms with Gasteiger partial charge in [-0.1, -0.05) is 6.92 Å². The molecule has 5 nitrogen and oxygen atoms in total. The van der Waals surface area contributed by atoms with Crippen LogP contribution in [0.4, 0.5) is 0 Å². The van der Waals surface area contributed by atoms with Crippen LogP contribution in [-0.4, -0.2) is 47.5 Å². The molecular weight excluding hydrogens is 294 g/mol. The number of aliphatic carboxylic acids is 1. The van der Waals surface area contributed by atoms with Crippen LogP contribution in [0.2, 0.25) is 0 Å². The Balaban J connectivity index is 1.93. The van der Waals surface area contributed by atoms with E-state index >= 15 is 0 Å². The van der Waals surface area contributed by atoms with Crippen molar-refractivity contribution in [1.82, 2.24) is 4.90 Å². The molecule has 0 bridgehead atoms. The molecule has 126 valence electrons. The third kappa shape index (κ3) is 4.55. The molecule has 0 radical (unpaired) electrons. The van der Waals surface area contributed by atoms with Crippen molar-refractivity contribution in [2.45, 2.75) is 39.2 Å². The number of hydrogen-bond donors (Lipinski definition) is 1. The molecule has 23 heavy (non-hydrogen) atoms. The fourth-order valence-corrected chi connectivity index (χ4v) is 2.88. The van der Waals surface area contributed by atoms with Gasteiger partial charge < -0.3 is 9.84 Å². The summed E-state index contributed by atoms with van der Waals surface area (Å²) in [4.78, 5) is 25.7. The first-order valence-electron chi connectivity index (χ1n) is 8.26. The van der Waals surface area contributed by atoms with E-state index in [-0.39, 0.29) is 17.7 Å². The molecule has 0 spiro atoms. The van der Waals surface area contributed by atoms with Crippen LogP contribution in [0, 0.1) is 5.92 Å². The highest BCUT2D eigenvalue weighted by Gasteiger charge is 2.29. The molecule has 1 atom stereocenters. The Hall–Kier alpha value is -1.88. The van der Waals surface area contributed by atoms with E-state index in [0.29, 0.717) is 38.1 Å². The predicted octanol–water partition coefficient (Wildman–Crippen LogP) is 2.84. The lowest BCUT2D eigenvalue weighted by Crippen LogP contribution is -2.45. The molecule has 0 saturated carbocycles. The SMILES string of the molecule is CCCOc1ccc(C(=O)C(C)N2CCC(C(=O)O)CC2)cc1. The van der Waals surface area contributed by atoms with E-state index in [1.807, 2.05) is 26.0 Å². The number of carbonyl (C=O) groups excluding carboxylic acids is 1. The second-order valence-electron chi connectivity index (χ2n) is 6.06. The average molecular weight is 319 g/mol. The lowest BCUT2D eigenvalue weighted by atomic mass is 9.94. The Kier molecular flexibility index (Phi) is 6.16. The Morgan fingerprint density at radius 1 is 1.26 bits per heavy atom. The minimum Gasteiger partial charge on any atom is -0.494 e. The van der Waals surface area contributed by atoms with Gasteiger partial charge in [0, 0.05) is 5.56 Å². The van der Waals surface area contributed by atoms with Crippen LogP contribution >= 0.6 is 0 Å². The number of ketones is 1. The van der Waals surface area contributed by atoms with Gasteiger partial charge in [-0.15, -0.1) is 0 Å². The van der Waals surface area contributed by atoms with Crippen molar-refractivity contribution in [2.24, 2.45) is 5.92 Å². The van der Waals surface area contributed by atoms with Gasteiger partial charge in [-0.05, 0) is 63.5 Å². The summed E-state index contributed by atoms with van der Waals surface area (Å²) in [6.07, 6.45) is 2.16. The van der Waals surface area contributed by atoms with E-state index < -0.39 is 5.97 Å². The van der Waals surface area contributed by atoms with Crippen LogP contribution in [0.15, 0.2) is 24.3 Å². The van der Waals surface area contributed by atoms with Crippen molar-refractivity contribution in [3.63, 3.8) is 0 Å². The van der Waals surface area contributed by atoms with E-state index in [2.05, 4.69) is 4.90 Å². The third-order valence-corrected chi connectivity index (χ3v) is 4.42. The first-order chi connectivity index (χ1) is 11.0. The first-order valence-corrected chi connectivity index (χ1v) is 8.26. The molecule has 0 aliphatic carbocycles. The normalized spacial score (nSPS) is 17.7. The topological polar surface area (TPSA) is 66.8 Å². The van der Waals surface area contributed by atoms with Crippen LogP contribution in [-0.2, 0) is 4.79 Å². The zero-order valence-corrected chi connectivity index (χ0v) is 13.8. The fraction of sp³-hybridized carbons (Fsp3) is 0.556. The maximum absolute atomic E-state index is 12.6. The van der Waals surface area contributed by atoms with Gasteiger partial charge in [0.05, 0.1) is 18.6 Å². The van der Waals surface area contributed by atoms with Crippen LogP contribution in [0.1, 0.15) is 43.5 Å². The molecule has 1 unspecified atom stereocenters. The smallest absolute Gasteiger partial charge is 0.306 e. The average Bonchev–Trinajstić information content (AvgIpc) is 2.59. The number of carboxylic acids is 1. The summed E-state index contributed by atoms with van der Waals surface area (Å²) >= 11 is 0. The fourth-order valence-electron chi connectivity index (χ4n) is 2.88. The lowest BCUT2D eigenvalue weighted by molar-refractivity contribution is -0.143. The third-order valence-electron chi connectivity index (χ3n) is 4.42. The van der Waals surface area contributed by atoms with Gasteiger partial charge in [-0.25, -0.2) is 0 Å². The van der Waals surface area contributed by atoms with Crippen LogP contribution in [0.3, 0.4) is 0 Å². The second kappa shape index (κ2) is 8.11. The number of rotatable bonds is 7. The predicted molar refractivity (Wildman–Crippen MR) is 88.0 cm³/mol. The molecule has 1 saturated heterocycles. The van der Waals surface area contributed by atoms with Gasteiger partial charge in [0.25, 0.3) is 0 Å². The van der Waals surface area contributed by atoms with Crippen molar-refractivity contribution in [3.05, 3.63) is 29.8 Å². The van der Waals surface area contributed by atoms with Gasteiger partial charge in [-0.2, -0.15) is 0 Å².